The van der Waals surface area contributed by atoms with Crippen LogP contribution in [0.1, 0.15) is 97.8 Å². The van der Waals surface area contributed by atoms with Crippen molar-refractivity contribution in [1.82, 2.24) is 20.9 Å². The van der Waals surface area contributed by atoms with Crippen molar-refractivity contribution < 1.29 is 32.4 Å². The summed E-state index contributed by atoms with van der Waals surface area (Å²) in [6, 6.07) is -3.46. The predicted octanol–water partition coefficient (Wildman–Crippen LogP) is 1.80. The number of fused-ring (bicyclic) bond motifs is 3. The third-order valence-corrected chi connectivity index (χ3v) is 12.2. The first-order chi connectivity index (χ1) is 21.0. The van der Waals surface area contributed by atoms with Crippen molar-refractivity contribution in [2.24, 2.45) is 34.3 Å². The fraction of sp³-hybridized carbons (Fsp3) is 0.844. The highest BCUT2D eigenvalue weighted by atomic mass is 32.2. The van der Waals surface area contributed by atoms with Crippen LogP contribution >= 0.6 is 0 Å². The van der Waals surface area contributed by atoms with Gasteiger partial charge in [-0.2, -0.15) is 0 Å². The first-order valence-corrected chi connectivity index (χ1v) is 18.7. The predicted molar refractivity (Wildman–Crippen MR) is 167 cm³/mol. The van der Waals surface area contributed by atoms with Gasteiger partial charge in [0.25, 0.3) is 5.91 Å². The van der Waals surface area contributed by atoms with Crippen LogP contribution in [-0.4, -0.2) is 85.1 Å². The third-order valence-electron chi connectivity index (χ3n) is 11.1. The maximum Gasteiger partial charge on any atom is 0.315 e. The lowest BCUT2D eigenvalue weighted by Crippen LogP contribution is -2.63. The summed E-state index contributed by atoms with van der Waals surface area (Å²) in [6.45, 7) is 5.89. The van der Waals surface area contributed by atoms with E-state index in [-0.39, 0.29) is 34.8 Å². The summed E-state index contributed by atoms with van der Waals surface area (Å²) in [5, 5.41) is 8.63. The minimum atomic E-state index is -3.38. The molecule has 5 aliphatic rings. The molecule has 1 spiro atoms. The van der Waals surface area contributed by atoms with E-state index in [0.29, 0.717) is 25.8 Å². The molecule has 5 fully saturated rings. The molecule has 4 aliphatic carbocycles. The van der Waals surface area contributed by atoms with Crippen LogP contribution in [0.4, 0.5) is 4.79 Å². The number of ketones is 1. The molecular weight excluding hydrogens is 598 g/mol. The number of carbonyl (C=O) groups is 5. The molecule has 5 rings (SSSR count). The van der Waals surface area contributed by atoms with Gasteiger partial charge in [0.1, 0.15) is 21.9 Å². The molecule has 252 valence electrons. The summed E-state index contributed by atoms with van der Waals surface area (Å²) in [4.78, 5) is 68.0. The van der Waals surface area contributed by atoms with Crippen molar-refractivity contribution >= 4 is 39.4 Å². The van der Waals surface area contributed by atoms with E-state index < -0.39 is 62.5 Å². The van der Waals surface area contributed by atoms with Crippen LogP contribution in [0, 0.1) is 28.6 Å². The van der Waals surface area contributed by atoms with Gasteiger partial charge in [-0.05, 0) is 60.7 Å². The zero-order chi connectivity index (χ0) is 32.9. The Morgan fingerprint density at radius 1 is 0.933 bits per heavy atom. The Labute approximate surface area is 266 Å². The van der Waals surface area contributed by atoms with Gasteiger partial charge in [-0.25, -0.2) is 13.2 Å². The normalized spacial score (nSPS) is 28.1. The zero-order valence-corrected chi connectivity index (χ0v) is 28.0. The molecule has 1 saturated heterocycles. The monoisotopic (exact) mass is 649 g/mol. The van der Waals surface area contributed by atoms with Crippen LogP contribution in [0.15, 0.2) is 0 Å². The number of primary amides is 1. The van der Waals surface area contributed by atoms with Gasteiger partial charge in [0.05, 0.1) is 17.3 Å². The fourth-order valence-electron chi connectivity index (χ4n) is 8.84. The second-order valence-corrected chi connectivity index (χ2v) is 17.9. The smallest absolute Gasteiger partial charge is 0.315 e. The van der Waals surface area contributed by atoms with E-state index in [1.165, 1.54) is 0 Å². The molecule has 0 radical (unpaired) electrons. The van der Waals surface area contributed by atoms with E-state index in [9.17, 15) is 32.4 Å². The van der Waals surface area contributed by atoms with Crippen LogP contribution in [0.3, 0.4) is 0 Å². The van der Waals surface area contributed by atoms with Crippen molar-refractivity contribution in [2.45, 2.75) is 121 Å². The second kappa shape index (κ2) is 12.2. The molecule has 13 heteroatoms. The Morgan fingerprint density at radius 3 is 2.07 bits per heavy atom. The van der Waals surface area contributed by atoms with Crippen molar-refractivity contribution in [2.75, 3.05) is 18.6 Å². The number of hydrogen-bond acceptors (Lipinski definition) is 7. The van der Waals surface area contributed by atoms with E-state index in [1.54, 1.807) is 4.90 Å². The lowest BCUT2D eigenvalue weighted by molar-refractivity contribution is -0.145. The molecule has 5 N–H and O–H groups in total. The van der Waals surface area contributed by atoms with E-state index in [2.05, 4.69) is 16.0 Å². The average molecular weight is 650 g/mol. The van der Waals surface area contributed by atoms with Gasteiger partial charge in [-0.3, -0.25) is 19.2 Å². The van der Waals surface area contributed by atoms with Crippen LogP contribution < -0.4 is 21.7 Å². The average Bonchev–Trinajstić information content (AvgIpc) is 3.70. The lowest BCUT2D eigenvalue weighted by atomic mass is 9.83. The minimum absolute atomic E-state index is 0.000484. The summed E-state index contributed by atoms with van der Waals surface area (Å²) >= 11 is 0. The second-order valence-electron chi connectivity index (χ2n) is 15.8. The first kappa shape index (κ1) is 33.7. The Hall–Kier alpha value is -2.70. The molecular formula is C32H51N5O7S. The summed E-state index contributed by atoms with van der Waals surface area (Å²) in [5.74, 6) is -2.58. The SMILES string of the molecule is CC(C)(C)[C@H](NC(=O)NC1(CS(C)(=O)=O)CCCCC1)C(=O)N1CC2[C@@H]([C@H]1C(=O)NC(CC1CC1)C(=O)C(N)=O)C21CCCC1. The third kappa shape index (κ3) is 7.17. The molecule has 0 aromatic rings. The topological polar surface area (TPSA) is 185 Å². The van der Waals surface area contributed by atoms with Gasteiger partial charge in [0, 0.05) is 12.8 Å². The number of nitrogens with one attached hydrogen (secondary N) is 3. The van der Waals surface area contributed by atoms with Crippen molar-refractivity contribution in [3.05, 3.63) is 0 Å². The molecule has 12 nitrogen and oxygen atoms in total. The van der Waals surface area contributed by atoms with Crippen LogP contribution in [0.25, 0.3) is 0 Å². The first-order valence-electron chi connectivity index (χ1n) is 16.7. The van der Waals surface area contributed by atoms with Crippen LogP contribution in [-0.2, 0) is 29.0 Å². The zero-order valence-electron chi connectivity index (χ0n) is 27.2. The number of urea groups is 1. The highest BCUT2D eigenvalue weighted by molar-refractivity contribution is 7.90. The highest BCUT2D eigenvalue weighted by Crippen LogP contribution is 2.72. The number of nitrogens with two attached hydrogens (primary N) is 1. The number of hydrogen-bond donors (Lipinski definition) is 4. The summed E-state index contributed by atoms with van der Waals surface area (Å²) in [6.07, 6.45) is 11.1. The van der Waals surface area contributed by atoms with Crippen LogP contribution in [0.2, 0.25) is 0 Å². The Morgan fingerprint density at radius 2 is 1.53 bits per heavy atom. The van der Waals surface area contributed by atoms with Gasteiger partial charge in [-0.15, -0.1) is 0 Å². The summed E-state index contributed by atoms with van der Waals surface area (Å²) in [5.41, 5.74) is 3.69. The molecule has 0 aromatic heterocycles. The van der Waals surface area contributed by atoms with Gasteiger partial charge in [-0.1, -0.05) is 65.7 Å². The largest absolute Gasteiger partial charge is 0.363 e. The number of piperidine rings is 1. The number of rotatable bonds is 11. The molecule has 1 aliphatic heterocycles. The minimum Gasteiger partial charge on any atom is -0.363 e. The van der Waals surface area contributed by atoms with E-state index in [0.717, 1.165) is 64.0 Å². The number of sulfone groups is 1. The molecule has 1 heterocycles. The molecule has 5 amide bonds. The number of amides is 5. The van der Waals surface area contributed by atoms with Crippen molar-refractivity contribution in [1.29, 1.82) is 0 Å². The van der Waals surface area contributed by atoms with E-state index >= 15 is 0 Å². The number of nitrogens with zero attached hydrogens (tertiary/aromatic N) is 1. The Bertz CT molecular complexity index is 1330. The van der Waals surface area contributed by atoms with Crippen molar-refractivity contribution in [3.63, 3.8) is 0 Å². The number of Topliss-reactive ketones (excluding diaryl/α,β-unsaturated/α-hetero) is 1. The molecule has 45 heavy (non-hydrogen) atoms. The summed E-state index contributed by atoms with van der Waals surface area (Å²) < 4.78 is 24.6. The standard InChI is InChI=1S/C32H51N5O7S/c1-30(2,3)25(35-29(42)36-31(18-45(4,43)44)12-6-5-7-13-31)28(41)37-17-20-22(32(20)14-8-9-15-32)23(37)27(40)34-21(16-19-10-11-19)24(38)26(33)39/h19-23,25H,5-18H2,1-4H3,(H2,33,39)(H,34,40)(H2,35,36,42)/t20?,21?,22-,23-,25+/m0/s1. The van der Waals surface area contributed by atoms with E-state index in [1.807, 2.05) is 20.8 Å². The van der Waals surface area contributed by atoms with Gasteiger partial charge in [0.15, 0.2) is 0 Å². The van der Waals surface area contributed by atoms with Gasteiger partial charge < -0.3 is 26.6 Å². The fourth-order valence-corrected chi connectivity index (χ4v) is 10.2. The van der Waals surface area contributed by atoms with Crippen molar-refractivity contribution in [3.8, 4) is 0 Å². The lowest BCUT2D eigenvalue weighted by Gasteiger charge is -2.40. The number of carbonyl (C=O) groups excluding carboxylic acids is 5. The van der Waals surface area contributed by atoms with Gasteiger partial charge >= 0.3 is 6.03 Å². The number of likely N-dealkylation sites (tertiary alicyclic amines) is 1. The van der Waals surface area contributed by atoms with E-state index in [4.69, 9.17) is 5.73 Å². The molecule has 2 unspecified atom stereocenters. The van der Waals surface area contributed by atoms with Gasteiger partial charge in [0.2, 0.25) is 17.6 Å². The van der Waals surface area contributed by atoms with Crippen LogP contribution in [0.5, 0.6) is 0 Å². The maximum absolute atomic E-state index is 14.4. The summed E-state index contributed by atoms with van der Waals surface area (Å²) in [7, 11) is -3.38. The molecule has 4 saturated carbocycles. The quantitative estimate of drug-likeness (QED) is 0.246. The highest BCUT2D eigenvalue weighted by Gasteiger charge is 2.74. The Kier molecular flexibility index (Phi) is 9.09. The molecule has 0 bridgehead atoms. The maximum atomic E-state index is 14.4. The molecule has 5 atom stereocenters. The Balaban J connectivity index is 1.37. The molecule has 0 aromatic carbocycles.